The number of nitrogens with one attached hydrogen (secondary N) is 2. The Balaban J connectivity index is 1.83. The number of methoxy groups -OCH3 is 1. The third-order valence-electron chi connectivity index (χ3n) is 3.95. The second kappa shape index (κ2) is 6.58. The maximum atomic E-state index is 12.4. The first-order valence-corrected chi connectivity index (χ1v) is 7.63. The van der Waals surface area contributed by atoms with Gasteiger partial charge in [-0.25, -0.2) is 4.79 Å². The van der Waals surface area contributed by atoms with Crippen molar-refractivity contribution in [2.75, 3.05) is 12.4 Å². The standard InChI is InChI=1S/C19H18N2O3/c1-12-6-5-9-16-18(12)13(11-20-16)10-17(22)21-15-8-4-3-7-14(15)19(23)24-2/h3-9,11,20H,10H2,1-2H3,(H,21,22). The molecule has 0 aliphatic carbocycles. The molecule has 5 nitrogen and oxygen atoms in total. The normalized spacial score (nSPS) is 10.6. The van der Waals surface area contributed by atoms with Gasteiger partial charge in [-0.1, -0.05) is 24.3 Å². The summed E-state index contributed by atoms with van der Waals surface area (Å²) in [5, 5.41) is 3.86. The molecule has 0 unspecified atom stereocenters. The minimum atomic E-state index is -0.478. The van der Waals surface area contributed by atoms with Gasteiger partial charge in [-0.15, -0.1) is 0 Å². The Morgan fingerprint density at radius 1 is 1.12 bits per heavy atom. The van der Waals surface area contributed by atoms with Crippen LogP contribution in [0.5, 0.6) is 0 Å². The largest absolute Gasteiger partial charge is 0.465 e. The number of para-hydroxylation sites is 1. The average molecular weight is 322 g/mol. The highest BCUT2D eigenvalue weighted by molar-refractivity contribution is 6.02. The Labute approximate surface area is 139 Å². The molecule has 0 fully saturated rings. The van der Waals surface area contributed by atoms with E-state index in [1.54, 1.807) is 24.3 Å². The number of H-pyrrole nitrogens is 1. The predicted molar refractivity (Wildman–Crippen MR) is 93.2 cm³/mol. The van der Waals surface area contributed by atoms with Gasteiger partial charge in [0.1, 0.15) is 0 Å². The van der Waals surface area contributed by atoms with E-state index in [9.17, 15) is 9.59 Å². The Bertz CT molecular complexity index is 912. The van der Waals surface area contributed by atoms with Crippen LogP contribution in [-0.2, 0) is 16.0 Å². The van der Waals surface area contributed by atoms with Crippen molar-refractivity contribution in [2.24, 2.45) is 0 Å². The van der Waals surface area contributed by atoms with Crippen molar-refractivity contribution in [1.29, 1.82) is 0 Å². The van der Waals surface area contributed by atoms with Crippen molar-refractivity contribution in [3.8, 4) is 0 Å². The van der Waals surface area contributed by atoms with Crippen LogP contribution in [0.1, 0.15) is 21.5 Å². The van der Waals surface area contributed by atoms with Crippen LogP contribution in [0.3, 0.4) is 0 Å². The van der Waals surface area contributed by atoms with Gasteiger partial charge >= 0.3 is 5.97 Å². The van der Waals surface area contributed by atoms with E-state index in [4.69, 9.17) is 4.74 Å². The van der Waals surface area contributed by atoms with Gasteiger partial charge in [0.05, 0.1) is 24.8 Å². The van der Waals surface area contributed by atoms with Crippen LogP contribution in [-0.4, -0.2) is 24.0 Å². The van der Waals surface area contributed by atoms with Crippen molar-refractivity contribution in [3.05, 3.63) is 65.4 Å². The highest BCUT2D eigenvalue weighted by Crippen LogP contribution is 2.23. The van der Waals surface area contributed by atoms with Crippen molar-refractivity contribution < 1.29 is 14.3 Å². The zero-order valence-corrected chi connectivity index (χ0v) is 13.6. The molecule has 0 atom stereocenters. The average Bonchev–Trinajstić information content (AvgIpc) is 2.99. The second-order valence-corrected chi connectivity index (χ2v) is 5.57. The lowest BCUT2D eigenvalue weighted by Crippen LogP contribution is -2.17. The summed E-state index contributed by atoms with van der Waals surface area (Å²) in [5.41, 5.74) is 3.84. The third-order valence-corrected chi connectivity index (χ3v) is 3.95. The summed E-state index contributed by atoms with van der Waals surface area (Å²) in [6.45, 7) is 2.02. The van der Waals surface area contributed by atoms with Crippen LogP contribution in [0.25, 0.3) is 10.9 Å². The Morgan fingerprint density at radius 3 is 2.71 bits per heavy atom. The maximum Gasteiger partial charge on any atom is 0.339 e. The van der Waals surface area contributed by atoms with E-state index in [0.29, 0.717) is 11.3 Å². The first-order chi connectivity index (χ1) is 11.6. The SMILES string of the molecule is COC(=O)c1ccccc1NC(=O)Cc1c[nH]c2cccc(C)c12. The number of ether oxygens (including phenoxy) is 1. The van der Waals surface area contributed by atoms with Crippen LogP contribution in [0.2, 0.25) is 0 Å². The monoisotopic (exact) mass is 322 g/mol. The highest BCUT2D eigenvalue weighted by Gasteiger charge is 2.15. The number of amides is 1. The van der Waals surface area contributed by atoms with E-state index in [1.807, 2.05) is 31.3 Å². The van der Waals surface area contributed by atoms with Gasteiger partial charge in [-0.3, -0.25) is 4.79 Å². The van der Waals surface area contributed by atoms with E-state index in [2.05, 4.69) is 10.3 Å². The molecule has 2 aromatic carbocycles. The summed E-state index contributed by atoms with van der Waals surface area (Å²) in [6.07, 6.45) is 2.07. The van der Waals surface area contributed by atoms with Crippen molar-refractivity contribution in [2.45, 2.75) is 13.3 Å². The summed E-state index contributed by atoms with van der Waals surface area (Å²) < 4.78 is 4.74. The number of hydrogen-bond donors (Lipinski definition) is 2. The van der Waals surface area contributed by atoms with Gasteiger partial charge in [0.25, 0.3) is 0 Å². The fourth-order valence-corrected chi connectivity index (χ4v) is 2.84. The Hall–Kier alpha value is -3.08. The number of carbonyl (C=O) groups is 2. The van der Waals surface area contributed by atoms with E-state index >= 15 is 0 Å². The molecular formula is C19H18N2O3. The Kier molecular flexibility index (Phi) is 4.33. The number of carbonyl (C=O) groups excluding carboxylic acids is 2. The zero-order valence-electron chi connectivity index (χ0n) is 13.6. The summed E-state index contributed by atoms with van der Waals surface area (Å²) in [4.78, 5) is 27.4. The number of aromatic amines is 1. The number of anilines is 1. The van der Waals surface area contributed by atoms with Crippen LogP contribution in [0.15, 0.2) is 48.7 Å². The smallest absolute Gasteiger partial charge is 0.339 e. The molecule has 2 N–H and O–H groups in total. The van der Waals surface area contributed by atoms with Crippen LogP contribution in [0.4, 0.5) is 5.69 Å². The summed E-state index contributed by atoms with van der Waals surface area (Å²) >= 11 is 0. The molecule has 3 rings (SSSR count). The van der Waals surface area contributed by atoms with Crippen LogP contribution in [0, 0.1) is 6.92 Å². The van der Waals surface area contributed by atoms with Crippen LogP contribution < -0.4 is 5.32 Å². The molecule has 0 spiro atoms. The molecule has 3 aromatic rings. The van der Waals surface area contributed by atoms with Crippen molar-refractivity contribution in [1.82, 2.24) is 4.98 Å². The third kappa shape index (κ3) is 3.01. The van der Waals surface area contributed by atoms with Gasteiger partial charge < -0.3 is 15.0 Å². The molecule has 1 amide bonds. The first kappa shape index (κ1) is 15.8. The zero-order chi connectivity index (χ0) is 17.1. The minimum absolute atomic E-state index is 0.185. The molecular weight excluding hydrogens is 304 g/mol. The van der Waals surface area contributed by atoms with Gasteiger partial charge in [-0.2, -0.15) is 0 Å². The van der Waals surface area contributed by atoms with Crippen molar-refractivity contribution in [3.63, 3.8) is 0 Å². The molecule has 0 aliphatic rings. The lowest BCUT2D eigenvalue weighted by Gasteiger charge is -2.09. The number of fused-ring (bicyclic) bond motifs is 1. The first-order valence-electron chi connectivity index (χ1n) is 7.63. The summed E-state index contributed by atoms with van der Waals surface area (Å²) in [7, 11) is 1.32. The van der Waals surface area contributed by atoms with E-state index in [0.717, 1.165) is 22.0 Å². The predicted octanol–water partition coefficient (Wildman–Crippen LogP) is 3.44. The van der Waals surface area contributed by atoms with Gasteiger partial charge in [0.2, 0.25) is 5.91 Å². The number of hydrogen-bond acceptors (Lipinski definition) is 3. The van der Waals surface area contributed by atoms with Gasteiger partial charge in [0.15, 0.2) is 0 Å². The number of esters is 1. The van der Waals surface area contributed by atoms with Gasteiger partial charge in [-0.05, 0) is 36.2 Å². The summed E-state index contributed by atoms with van der Waals surface area (Å²) in [6, 6.07) is 12.8. The highest BCUT2D eigenvalue weighted by atomic mass is 16.5. The topological polar surface area (TPSA) is 71.2 Å². The molecule has 5 heteroatoms. The fraction of sp³-hybridized carbons (Fsp3) is 0.158. The Morgan fingerprint density at radius 2 is 1.92 bits per heavy atom. The van der Waals surface area contributed by atoms with Crippen LogP contribution >= 0.6 is 0 Å². The number of rotatable bonds is 4. The molecule has 1 heterocycles. The maximum absolute atomic E-state index is 12.4. The molecule has 0 bridgehead atoms. The number of aromatic nitrogens is 1. The molecule has 0 saturated heterocycles. The lowest BCUT2D eigenvalue weighted by atomic mass is 10.1. The fourth-order valence-electron chi connectivity index (χ4n) is 2.84. The molecule has 0 aliphatic heterocycles. The molecule has 122 valence electrons. The lowest BCUT2D eigenvalue weighted by molar-refractivity contribution is -0.115. The van der Waals surface area contributed by atoms with E-state index in [-0.39, 0.29) is 12.3 Å². The molecule has 1 aromatic heterocycles. The van der Waals surface area contributed by atoms with Gasteiger partial charge in [0, 0.05) is 17.1 Å². The number of aryl methyl sites for hydroxylation is 1. The number of benzene rings is 2. The minimum Gasteiger partial charge on any atom is -0.465 e. The summed E-state index contributed by atoms with van der Waals surface area (Å²) in [5.74, 6) is -0.663. The molecule has 0 saturated carbocycles. The molecule has 24 heavy (non-hydrogen) atoms. The van der Waals surface area contributed by atoms with E-state index in [1.165, 1.54) is 7.11 Å². The molecule has 0 radical (unpaired) electrons. The second-order valence-electron chi connectivity index (χ2n) is 5.57. The quantitative estimate of drug-likeness (QED) is 0.723. The van der Waals surface area contributed by atoms with E-state index < -0.39 is 5.97 Å². The van der Waals surface area contributed by atoms with Crippen molar-refractivity contribution >= 4 is 28.5 Å².